The van der Waals surface area contributed by atoms with Crippen LogP contribution in [0.15, 0.2) is 59.6 Å². The first kappa shape index (κ1) is 29.1. The maximum atomic E-state index is 13.6. The van der Waals surface area contributed by atoms with Gasteiger partial charge in [0.2, 0.25) is 5.90 Å². The molecule has 1 aliphatic heterocycles. The molecule has 0 fully saturated rings. The van der Waals surface area contributed by atoms with E-state index in [0.717, 1.165) is 0 Å². The molecule has 3 N–H and O–H groups in total. The number of alkyl halides is 1. The highest BCUT2D eigenvalue weighted by molar-refractivity contribution is 6.01. The lowest BCUT2D eigenvalue weighted by atomic mass is 9.83. The first-order chi connectivity index (χ1) is 18.2. The number of amides is 1. The SMILES string of the molecule is CC(C)(C)OC(=O)CC[C@]1(C(=O)NNCCF)N=C(c2ccc(OCCCO)cc2)O[C@H]1c1ccccc1. The van der Waals surface area contributed by atoms with E-state index in [2.05, 4.69) is 10.9 Å². The summed E-state index contributed by atoms with van der Waals surface area (Å²) in [7, 11) is 0. The van der Waals surface area contributed by atoms with Gasteiger partial charge in [0.15, 0.2) is 11.6 Å². The highest BCUT2D eigenvalue weighted by Crippen LogP contribution is 2.43. The smallest absolute Gasteiger partial charge is 0.306 e. The number of rotatable bonds is 13. The number of halogens is 1. The number of aliphatic hydroxyl groups is 1. The molecule has 0 spiro atoms. The highest BCUT2D eigenvalue weighted by Gasteiger charge is 2.53. The van der Waals surface area contributed by atoms with Crippen molar-refractivity contribution in [3.05, 3.63) is 65.7 Å². The van der Waals surface area contributed by atoms with E-state index in [1.807, 2.05) is 30.3 Å². The molecular weight excluding hydrogens is 493 g/mol. The molecule has 0 radical (unpaired) electrons. The molecule has 38 heavy (non-hydrogen) atoms. The fourth-order valence-electron chi connectivity index (χ4n) is 3.98. The zero-order valence-electron chi connectivity index (χ0n) is 22.0. The van der Waals surface area contributed by atoms with Crippen LogP contribution >= 0.6 is 0 Å². The van der Waals surface area contributed by atoms with Crippen LogP contribution < -0.4 is 15.6 Å². The molecule has 1 heterocycles. The van der Waals surface area contributed by atoms with Crippen molar-refractivity contribution in [1.82, 2.24) is 10.9 Å². The predicted molar refractivity (Wildman–Crippen MR) is 140 cm³/mol. The van der Waals surface area contributed by atoms with Crippen molar-refractivity contribution >= 4 is 17.8 Å². The Balaban J connectivity index is 1.97. The lowest BCUT2D eigenvalue weighted by Crippen LogP contribution is -2.53. The van der Waals surface area contributed by atoms with Crippen LogP contribution in [0.3, 0.4) is 0 Å². The number of hydrazine groups is 1. The summed E-state index contributed by atoms with van der Waals surface area (Å²) in [6.07, 6.45) is -0.429. The Bertz CT molecular complexity index is 1090. The fourth-order valence-corrected chi connectivity index (χ4v) is 3.98. The fraction of sp³-hybridized carbons (Fsp3) is 0.464. The molecule has 2 aromatic rings. The minimum absolute atomic E-state index is 0.00350. The van der Waals surface area contributed by atoms with Crippen LogP contribution in [0.4, 0.5) is 4.39 Å². The molecular formula is C28H36FN3O6. The van der Waals surface area contributed by atoms with Crippen LogP contribution in [0, 0.1) is 0 Å². The minimum atomic E-state index is -1.53. The number of hydrogen-bond donors (Lipinski definition) is 3. The molecule has 1 amide bonds. The normalized spacial score (nSPS) is 18.9. The van der Waals surface area contributed by atoms with Gasteiger partial charge >= 0.3 is 5.97 Å². The van der Waals surface area contributed by atoms with E-state index < -0.39 is 35.8 Å². The second-order valence-corrected chi connectivity index (χ2v) is 9.86. The van der Waals surface area contributed by atoms with Crippen LogP contribution in [-0.4, -0.2) is 60.5 Å². The summed E-state index contributed by atoms with van der Waals surface area (Å²) in [5, 5.41) is 8.95. The van der Waals surface area contributed by atoms with E-state index in [-0.39, 0.29) is 31.9 Å². The van der Waals surface area contributed by atoms with Gasteiger partial charge in [0.25, 0.3) is 5.91 Å². The van der Waals surface area contributed by atoms with Crippen LogP contribution in [0.2, 0.25) is 0 Å². The van der Waals surface area contributed by atoms with E-state index in [1.165, 1.54) is 0 Å². The molecule has 0 aromatic heterocycles. The largest absolute Gasteiger partial charge is 0.494 e. The Morgan fingerprint density at radius 3 is 2.47 bits per heavy atom. The van der Waals surface area contributed by atoms with Gasteiger partial charge in [0, 0.05) is 31.6 Å². The summed E-state index contributed by atoms with van der Waals surface area (Å²) in [5.74, 6) is -0.182. The second kappa shape index (κ2) is 13.3. The summed E-state index contributed by atoms with van der Waals surface area (Å²) >= 11 is 0. The average molecular weight is 530 g/mol. The summed E-state index contributed by atoms with van der Waals surface area (Å²) in [6, 6.07) is 16.2. The van der Waals surface area contributed by atoms with Crippen molar-refractivity contribution in [1.29, 1.82) is 0 Å². The van der Waals surface area contributed by atoms with E-state index in [4.69, 9.17) is 24.3 Å². The minimum Gasteiger partial charge on any atom is -0.494 e. The Labute approximate surface area is 222 Å². The molecule has 9 nitrogen and oxygen atoms in total. The third-order valence-corrected chi connectivity index (χ3v) is 5.68. The summed E-state index contributed by atoms with van der Waals surface area (Å²) in [4.78, 5) is 31.0. The Morgan fingerprint density at radius 2 is 1.84 bits per heavy atom. The maximum absolute atomic E-state index is 13.6. The number of benzene rings is 2. The zero-order valence-corrected chi connectivity index (χ0v) is 22.0. The predicted octanol–water partition coefficient (Wildman–Crippen LogP) is 3.42. The molecule has 0 saturated carbocycles. The average Bonchev–Trinajstić information content (AvgIpc) is 3.29. The van der Waals surface area contributed by atoms with Gasteiger partial charge in [0.05, 0.1) is 6.61 Å². The molecule has 2 atom stereocenters. The van der Waals surface area contributed by atoms with Crippen molar-refractivity contribution in [2.75, 3.05) is 26.4 Å². The molecule has 0 unspecified atom stereocenters. The van der Waals surface area contributed by atoms with Crippen molar-refractivity contribution < 1.29 is 33.3 Å². The summed E-state index contributed by atoms with van der Waals surface area (Å²) in [5.41, 5.74) is 4.20. The Morgan fingerprint density at radius 1 is 1.13 bits per heavy atom. The summed E-state index contributed by atoms with van der Waals surface area (Å²) in [6.45, 7) is 4.97. The number of nitrogens with one attached hydrogen (secondary N) is 2. The number of esters is 1. The number of aliphatic imine (C=N–C) groups is 1. The Kier molecular flexibility index (Phi) is 10.2. The number of nitrogens with zero attached hydrogens (tertiary/aromatic N) is 1. The van der Waals surface area contributed by atoms with Crippen LogP contribution in [-0.2, 0) is 19.1 Å². The second-order valence-electron chi connectivity index (χ2n) is 9.86. The van der Waals surface area contributed by atoms with E-state index in [0.29, 0.717) is 29.9 Å². The third-order valence-electron chi connectivity index (χ3n) is 5.68. The Hall–Kier alpha value is -3.50. The monoisotopic (exact) mass is 529 g/mol. The van der Waals surface area contributed by atoms with Crippen LogP contribution in [0.25, 0.3) is 0 Å². The van der Waals surface area contributed by atoms with Gasteiger partial charge in [-0.25, -0.2) is 14.8 Å². The topological polar surface area (TPSA) is 118 Å². The third kappa shape index (κ3) is 7.75. The molecule has 0 bridgehead atoms. The highest BCUT2D eigenvalue weighted by atomic mass is 19.1. The molecule has 206 valence electrons. The summed E-state index contributed by atoms with van der Waals surface area (Å²) < 4.78 is 30.1. The number of aliphatic hydroxyl groups excluding tert-OH is 1. The van der Waals surface area contributed by atoms with E-state index in [9.17, 15) is 14.0 Å². The van der Waals surface area contributed by atoms with E-state index in [1.54, 1.807) is 45.0 Å². The first-order valence-electron chi connectivity index (χ1n) is 12.6. The van der Waals surface area contributed by atoms with Crippen molar-refractivity contribution in [2.24, 2.45) is 4.99 Å². The number of carbonyl (C=O) groups excluding carboxylic acids is 2. The lowest BCUT2D eigenvalue weighted by Gasteiger charge is -2.30. The van der Waals surface area contributed by atoms with Crippen LogP contribution in [0.5, 0.6) is 5.75 Å². The number of hydrogen-bond acceptors (Lipinski definition) is 8. The number of carbonyl (C=O) groups is 2. The zero-order chi connectivity index (χ0) is 27.6. The van der Waals surface area contributed by atoms with E-state index >= 15 is 0 Å². The number of ether oxygens (including phenoxy) is 3. The molecule has 0 saturated heterocycles. The van der Waals surface area contributed by atoms with Crippen LogP contribution in [0.1, 0.15) is 57.3 Å². The van der Waals surface area contributed by atoms with Gasteiger partial charge in [-0.15, -0.1) is 0 Å². The van der Waals surface area contributed by atoms with Gasteiger partial charge in [-0.2, -0.15) is 0 Å². The lowest BCUT2D eigenvalue weighted by molar-refractivity contribution is -0.155. The molecule has 3 rings (SSSR count). The molecule has 2 aromatic carbocycles. The maximum Gasteiger partial charge on any atom is 0.306 e. The van der Waals surface area contributed by atoms with Crippen molar-refractivity contribution in [3.63, 3.8) is 0 Å². The standard InChI is InChI=1S/C28H36FN3O6/c1-27(2,3)38-23(34)14-15-28(26(35)32-30-17-16-29)24(20-8-5-4-6-9-20)37-25(31-28)21-10-12-22(13-11-21)36-19-7-18-33/h4-6,8-13,24,30,33H,7,14-19H2,1-3H3,(H,32,35)/t24-,28-/m0/s1. The first-order valence-corrected chi connectivity index (χ1v) is 12.6. The quantitative estimate of drug-likeness (QED) is 0.207. The van der Waals surface area contributed by atoms with Gasteiger partial charge < -0.3 is 19.3 Å². The van der Waals surface area contributed by atoms with Gasteiger partial charge in [-0.1, -0.05) is 30.3 Å². The van der Waals surface area contributed by atoms with Crippen molar-refractivity contribution in [2.45, 2.75) is 57.3 Å². The molecule has 1 aliphatic rings. The molecule has 10 heteroatoms. The molecule has 0 aliphatic carbocycles. The van der Waals surface area contributed by atoms with Gasteiger partial charge in [0.1, 0.15) is 18.0 Å². The van der Waals surface area contributed by atoms with Gasteiger partial charge in [-0.05, 0) is 57.0 Å². The van der Waals surface area contributed by atoms with Crippen molar-refractivity contribution in [3.8, 4) is 5.75 Å². The van der Waals surface area contributed by atoms with Gasteiger partial charge in [-0.3, -0.25) is 15.0 Å².